The monoisotopic (exact) mass is 275 g/mol. The second-order valence-electron chi connectivity index (χ2n) is 5.54. The van der Waals surface area contributed by atoms with Gasteiger partial charge in [0.1, 0.15) is 0 Å². The number of benzene rings is 1. The zero-order valence-corrected chi connectivity index (χ0v) is 12.7. The number of nitrogens with zero attached hydrogens (tertiary/aromatic N) is 1. The normalized spacial score (nSPS) is 14.8. The quantitative estimate of drug-likeness (QED) is 0.836. The third-order valence-electron chi connectivity index (χ3n) is 4.18. The average Bonchev–Trinajstić information content (AvgIpc) is 2.93. The molecule has 4 heteroatoms. The second-order valence-corrected chi connectivity index (χ2v) is 5.54. The number of amides is 1. The zero-order chi connectivity index (χ0) is 14.5. The summed E-state index contributed by atoms with van der Waals surface area (Å²) in [4.78, 5) is 14.4. The Morgan fingerprint density at radius 1 is 1.50 bits per heavy atom. The first-order chi connectivity index (χ1) is 9.61. The van der Waals surface area contributed by atoms with Crippen LogP contribution in [0.25, 0.3) is 0 Å². The minimum atomic E-state index is 0.0130. The molecular formula is C16H25N3O. The summed E-state index contributed by atoms with van der Waals surface area (Å²) >= 11 is 0. The minimum absolute atomic E-state index is 0.0130. The molecular weight excluding hydrogens is 250 g/mol. The maximum absolute atomic E-state index is 12.1. The highest BCUT2D eigenvalue weighted by atomic mass is 16.1. The van der Waals surface area contributed by atoms with Gasteiger partial charge in [-0.15, -0.1) is 0 Å². The standard InChI is InChI=1S/C16H25N3O/c1-4-12(2)19(3)10-9-18-16(20)14-6-5-13-7-8-17-15(13)11-14/h5-6,11-12,17H,4,7-10H2,1-3H3,(H,18,20). The summed E-state index contributed by atoms with van der Waals surface area (Å²) in [6.45, 7) is 6.92. The summed E-state index contributed by atoms with van der Waals surface area (Å²) in [5.41, 5.74) is 3.15. The van der Waals surface area contributed by atoms with Gasteiger partial charge in [-0.3, -0.25) is 4.79 Å². The van der Waals surface area contributed by atoms with E-state index in [0.717, 1.165) is 37.2 Å². The molecule has 0 bridgehead atoms. The average molecular weight is 275 g/mol. The first-order valence-corrected chi connectivity index (χ1v) is 7.47. The predicted octanol–water partition coefficient (Wildman–Crippen LogP) is 2.11. The van der Waals surface area contributed by atoms with Crippen LogP contribution in [-0.2, 0) is 6.42 Å². The lowest BCUT2D eigenvalue weighted by atomic mass is 10.1. The molecule has 1 heterocycles. The van der Waals surface area contributed by atoms with Gasteiger partial charge in [-0.25, -0.2) is 0 Å². The van der Waals surface area contributed by atoms with Crippen molar-refractivity contribution in [3.8, 4) is 0 Å². The van der Waals surface area contributed by atoms with Crippen LogP contribution in [0.15, 0.2) is 18.2 Å². The van der Waals surface area contributed by atoms with Gasteiger partial charge in [0.2, 0.25) is 0 Å². The molecule has 1 aliphatic rings. The van der Waals surface area contributed by atoms with Gasteiger partial charge in [-0.05, 0) is 44.5 Å². The van der Waals surface area contributed by atoms with Crippen molar-refractivity contribution < 1.29 is 4.79 Å². The highest BCUT2D eigenvalue weighted by Crippen LogP contribution is 2.23. The Hall–Kier alpha value is -1.55. The van der Waals surface area contributed by atoms with Crippen molar-refractivity contribution in [3.63, 3.8) is 0 Å². The van der Waals surface area contributed by atoms with E-state index in [2.05, 4.69) is 42.5 Å². The van der Waals surface area contributed by atoms with Crippen LogP contribution in [0.1, 0.15) is 36.2 Å². The van der Waals surface area contributed by atoms with E-state index in [1.165, 1.54) is 5.56 Å². The van der Waals surface area contributed by atoms with Crippen LogP contribution in [-0.4, -0.2) is 43.5 Å². The molecule has 1 amide bonds. The number of anilines is 1. The van der Waals surface area contributed by atoms with Crippen molar-refractivity contribution in [2.24, 2.45) is 0 Å². The molecule has 1 aromatic rings. The number of rotatable bonds is 6. The van der Waals surface area contributed by atoms with Crippen LogP contribution < -0.4 is 10.6 Å². The molecule has 0 saturated carbocycles. The summed E-state index contributed by atoms with van der Waals surface area (Å²) in [5.74, 6) is 0.0130. The van der Waals surface area contributed by atoms with Crippen molar-refractivity contribution >= 4 is 11.6 Å². The van der Waals surface area contributed by atoms with Crippen LogP contribution in [0.2, 0.25) is 0 Å². The van der Waals surface area contributed by atoms with Gasteiger partial charge in [-0.2, -0.15) is 0 Å². The van der Waals surface area contributed by atoms with E-state index in [4.69, 9.17) is 0 Å². The lowest BCUT2D eigenvalue weighted by Crippen LogP contribution is -2.37. The number of carbonyl (C=O) groups excluding carboxylic acids is 1. The Bertz CT molecular complexity index is 473. The van der Waals surface area contributed by atoms with Crippen LogP contribution >= 0.6 is 0 Å². The molecule has 1 aromatic carbocycles. The number of hydrogen-bond donors (Lipinski definition) is 2. The van der Waals surface area contributed by atoms with Crippen molar-refractivity contribution in [1.82, 2.24) is 10.2 Å². The number of nitrogens with one attached hydrogen (secondary N) is 2. The molecule has 1 atom stereocenters. The summed E-state index contributed by atoms with van der Waals surface area (Å²) in [5, 5.41) is 6.30. The molecule has 0 radical (unpaired) electrons. The number of hydrogen-bond acceptors (Lipinski definition) is 3. The maximum Gasteiger partial charge on any atom is 0.251 e. The summed E-state index contributed by atoms with van der Waals surface area (Å²) in [6.07, 6.45) is 2.18. The fraction of sp³-hybridized carbons (Fsp3) is 0.562. The number of likely N-dealkylation sites (N-methyl/N-ethyl adjacent to an activating group) is 1. The Kier molecular flexibility index (Phi) is 5.01. The van der Waals surface area contributed by atoms with E-state index in [9.17, 15) is 4.79 Å². The summed E-state index contributed by atoms with van der Waals surface area (Å²) in [6, 6.07) is 6.47. The SMILES string of the molecule is CCC(C)N(C)CCNC(=O)c1ccc2c(c1)NCC2. The Morgan fingerprint density at radius 3 is 3.05 bits per heavy atom. The fourth-order valence-corrected chi connectivity index (χ4v) is 2.41. The second kappa shape index (κ2) is 6.75. The van der Waals surface area contributed by atoms with Crippen LogP contribution in [0.4, 0.5) is 5.69 Å². The fourth-order valence-electron chi connectivity index (χ4n) is 2.41. The lowest BCUT2D eigenvalue weighted by molar-refractivity contribution is 0.0947. The highest BCUT2D eigenvalue weighted by molar-refractivity contribution is 5.95. The predicted molar refractivity (Wildman–Crippen MR) is 83.4 cm³/mol. The van der Waals surface area contributed by atoms with Crippen molar-refractivity contribution in [1.29, 1.82) is 0 Å². The van der Waals surface area contributed by atoms with Gasteiger partial charge in [0.05, 0.1) is 0 Å². The summed E-state index contributed by atoms with van der Waals surface area (Å²) in [7, 11) is 2.10. The van der Waals surface area contributed by atoms with E-state index in [0.29, 0.717) is 12.6 Å². The minimum Gasteiger partial charge on any atom is -0.384 e. The Morgan fingerprint density at radius 2 is 2.30 bits per heavy atom. The summed E-state index contributed by atoms with van der Waals surface area (Å²) < 4.78 is 0. The van der Waals surface area contributed by atoms with Gasteiger partial charge >= 0.3 is 0 Å². The Balaban J connectivity index is 1.83. The highest BCUT2D eigenvalue weighted by Gasteiger charge is 2.13. The van der Waals surface area contributed by atoms with Gasteiger partial charge in [0.15, 0.2) is 0 Å². The van der Waals surface area contributed by atoms with Crippen molar-refractivity contribution in [2.45, 2.75) is 32.7 Å². The van der Waals surface area contributed by atoms with Crippen LogP contribution in [0.3, 0.4) is 0 Å². The van der Waals surface area contributed by atoms with Gasteiger partial charge in [-0.1, -0.05) is 13.0 Å². The van der Waals surface area contributed by atoms with Gasteiger partial charge < -0.3 is 15.5 Å². The zero-order valence-electron chi connectivity index (χ0n) is 12.7. The molecule has 0 fully saturated rings. The molecule has 1 unspecified atom stereocenters. The van der Waals surface area contributed by atoms with Crippen LogP contribution in [0.5, 0.6) is 0 Å². The van der Waals surface area contributed by atoms with E-state index >= 15 is 0 Å². The lowest BCUT2D eigenvalue weighted by Gasteiger charge is -2.23. The molecule has 110 valence electrons. The molecule has 4 nitrogen and oxygen atoms in total. The molecule has 2 N–H and O–H groups in total. The van der Waals surface area contributed by atoms with Crippen molar-refractivity contribution in [2.75, 3.05) is 32.0 Å². The molecule has 0 aliphatic carbocycles. The first-order valence-electron chi connectivity index (χ1n) is 7.47. The van der Waals surface area contributed by atoms with Crippen LogP contribution in [0, 0.1) is 0 Å². The topological polar surface area (TPSA) is 44.4 Å². The molecule has 0 saturated heterocycles. The van der Waals surface area contributed by atoms with E-state index in [1.807, 2.05) is 12.1 Å². The number of fused-ring (bicyclic) bond motifs is 1. The largest absolute Gasteiger partial charge is 0.384 e. The third kappa shape index (κ3) is 3.51. The third-order valence-corrected chi connectivity index (χ3v) is 4.18. The van der Waals surface area contributed by atoms with Gasteiger partial charge in [0.25, 0.3) is 5.91 Å². The molecule has 1 aliphatic heterocycles. The molecule has 0 aromatic heterocycles. The van der Waals surface area contributed by atoms with E-state index < -0.39 is 0 Å². The molecule has 20 heavy (non-hydrogen) atoms. The van der Waals surface area contributed by atoms with E-state index in [1.54, 1.807) is 0 Å². The molecule has 2 rings (SSSR count). The number of carbonyl (C=O) groups is 1. The van der Waals surface area contributed by atoms with E-state index in [-0.39, 0.29) is 5.91 Å². The first kappa shape index (κ1) is 14.9. The Labute approximate surface area is 121 Å². The van der Waals surface area contributed by atoms with Crippen molar-refractivity contribution in [3.05, 3.63) is 29.3 Å². The molecule has 0 spiro atoms. The maximum atomic E-state index is 12.1. The smallest absolute Gasteiger partial charge is 0.251 e. The van der Waals surface area contributed by atoms with Gasteiger partial charge in [0, 0.05) is 36.9 Å².